The topological polar surface area (TPSA) is 24.9 Å². The quantitative estimate of drug-likeness (QED) is 0.905. The van der Waals surface area contributed by atoms with E-state index < -0.39 is 0 Å². The zero-order valence-corrected chi connectivity index (χ0v) is 11.4. The van der Waals surface area contributed by atoms with Crippen molar-refractivity contribution >= 4 is 0 Å². The van der Waals surface area contributed by atoms with Crippen molar-refractivity contribution in [3.63, 3.8) is 0 Å². The summed E-state index contributed by atoms with van der Waals surface area (Å²) in [6.07, 6.45) is 7.56. The smallest absolute Gasteiger partial charge is 0.0270 e. The summed E-state index contributed by atoms with van der Waals surface area (Å²) in [4.78, 5) is 4.12. The Morgan fingerprint density at radius 1 is 1.05 bits per heavy atom. The summed E-state index contributed by atoms with van der Waals surface area (Å²) in [5.74, 6) is 0.416. The molecule has 2 nitrogen and oxygen atoms in total. The second-order valence-electron chi connectivity index (χ2n) is 5.27. The maximum Gasteiger partial charge on any atom is 0.0270 e. The molecule has 1 aliphatic rings. The van der Waals surface area contributed by atoms with Crippen molar-refractivity contribution < 1.29 is 0 Å². The second kappa shape index (κ2) is 5.54. The molecule has 2 aromatic rings. The van der Waals surface area contributed by atoms with Gasteiger partial charge in [0.25, 0.3) is 0 Å². The van der Waals surface area contributed by atoms with Gasteiger partial charge >= 0.3 is 0 Å². The van der Waals surface area contributed by atoms with Crippen molar-refractivity contribution in [3.8, 4) is 0 Å². The van der Waals surface area contributed by atoms with Crippen LogP contribution < -0.4 is 5.32 Å². The van der Waals surface area contributed by atoms with E-state index in [-0.39, 0.29) is 0 Å². The van der Waals surface area contributed by atoms with Crippen molar-refractivity contribution in [2.45, 2.75) is 25.2 Å². The van der Waals surface area contributed by atoms with Gasteiger partial charge < -0.3 is 5.32 Å². The van der Waals surface area contributed by atoms with Gasteiger partial charge in [0.2, 0.25) is 0 Å². The number of hydrogen-bond acceptors (Lipinski definition) is 2. The maximum absolute atomic E-state index is 4.12. The molecule has 98 valence electrons. The molecule has 0 saturated carbocycles. The summed E-state index contributed by atoms with van der Waals surface area (Å²) in [6.45, 7) is 0.961. The lowest BCUT2D eigenvalue weighted by Gasteiger charge is -2.18. The molecule has 0 bridgehead atoms. The molecule has 1 aliphatic carbocycles. The molecule has 19 heavy (non-hydrogen) atoms. The highest BCUT2D eigenvalue weighted by molar-refractivity contribution is 5.40. The molecule has 1 unspecified atom stereocenters. The maximum atomic E-state index is 4.12. The minimum absolute atomic E-state index is 0.416. The number of benzene rings is 1. The van der Waals surface area contributed by atoms with E-state index in [9.17, 15) is 0 Å². The first kappa shape index (κ1) is 12.4. The lowest BCUT2D eigenvalue weighted by Crippen LogP contribution is -2.18. The average molecular weight is 252 g/mol. The van der Waals surface area contributed by atoms with Gasteiger partial charge in [-0.05, 0) is 60.7 Å². The third-order valence-electron chi connectivity index (χ3n) is 4.04. The summed E-state index contributed by atoms with van der Waals surface area (Å²) in [6, 6.07) is 11.3. The normalized spacial score (nSPS) is 15.2. The van der Waals surface area contributed by atoms with Gasteiger partial charge in [0.15, 0.2) is 0 Å². The predicted octanol–water partition coefficient (Wildman–Crippen LogP) is 2.92. The summed E-state index contributed by atoms with van der Waals surface area (Å²) >= 11 is 0. The first-order valence-corrected chi connectivity index (χ1v) is 7.04. The lowest BCUT2D eigenvalue weighted by atomic mass is 9.90. The minimum atomic E-state index is 0.416. The average Bonchev–Trinajstić information content (AvgIpc) is 2.93. The Kier molecular flexibility index (Phi) is 3.60. The molecule has 3 rings (SSSR count). The van der Waals surface area contributed by atoms with Crippen molar-refractivity contribution in [3.05, 3.63) is 65.0 Å². The number of nitrogens with one attached hydrogen (secondary N) is 1. The van der Waals surface area contributed by atoms with Crippen LogP contribution in [-0.4, -0.2) is 18.6 Å². The van der Waals surface area contributed by atoms with Crippen molar-refractivity contribution in [1.82, 2.24) is 10.3 Å². The van der Waals surface area contributed by atoms with Crippen LogP contribution in [0.3, 0.4) is 0 Å². The number of rotatable bonds is 4. The summed E-state index contributed by atoms with van der Waals surface area (Å²) in [7, 11) is 2.02. The van der Waals surface area contributed by atoms with Crippen LogP contribution in [0.4, 0.5) is 0 Å². The van der Waals surface area contributed by atoms with E-state index >= 15 is 0 Å². The van der Waals surface area contributed by atoms with Crippen molar-refractivity contribution in [2.24, 2.45) is 0 Å². The lowest BCUT2D eigenvalue weighted by molar-refractivity contribution is 0.706. The zero-order chi connectivity index (χ0) is 13.1. The van der Waals surface area contributed by atoms with E-state index in [1.807, 2.05) is 19.4 Å². The fourth-order valence-electron chi connectivity index (χ4n) is 3.04. The molecule has 1 atom stereocenters. The van der Waals surface area contributed by atoms with Crippen LogP contribution in [-0.2, 0) is 12.8 Å². The number of likely N-dealkylation sites (N-methyl/N-ethyl adjacent to an activating group) is 1. The fourth-order valence-corrected chi connectivity index (χ4v) is 3.04. The Hall–Kier alpha value is -1.67. The summed E-state index contributed by atoms with van der Waals surface area (Å²) in [5, 5.41) is 3.31. The van der Waals surface area contributed by atoms with E-state index in [0.717, 1.165) is 6.54 Å². The molecule has 2 heteroatoms. The number of hydrogen-bond donors (Lipinski definition) is 1. The molecule has 0 saturated heterocycles. The SMILES string of the molecule is CNCC(c1ccncc1)c1ccc2c(c1)CCC2. The first-order chi connectivity index (χ1) is 9.38. The van der Waals surface area contributed by atoms with Gasteiger partial charge in [0.05, 0.1) is 0 Å². The van der Waals surface area contributed by atoms with Gasteiger partial charge in [-0.15, -0.1) is 0 Å². The van der Waals surface area contributed by atoms with Crippen LogP contribution in [0.15, 0.2) is 42.7 Å². The van der Waals surface area contributed by atoms with Crippen LogP contribution in [0.2, 0.25) is 0 Å². The van der Waals surface area contributed by atoms with Gasteiger partial charge in [0, 0.05) is 24.9 Å². The fraction of sp³-hybridized carbons (Fsp3) is 0.353. The number of pyridine rings is 1. The van der Waals surface area contributed by atoms with Crippen LogP contribution >= 0.6 is 0 Å². The van der Waals surface area contributed by atoms with Gasteiger partial charge in [0.1, 0.15) is 0 Å². The Labute approximate surface area is 114 Å². The predicted molar refractivity (Wildman–Crippen MR) is 78.5 cm³/mol. The molecule has 1 heterocycles. The molecule has 0 spiro atoms. The highest BCUT2D eigenvalue weighted by Crippen LogP contribution is 2.29. The van der Waals surface area contributed by atoms with Crippen molar-refractivity contribution in [2.75, 3.05) is 13.6 Å². The number of aryl methyl sites for hydroxylation is 2. The summed E-state index contributed by atoms with van der Waals surface area (Å²) < 4.78 is 0. The van der Waals surface area contributed by atoms with Gasteiger partial charge in [-0.3, -0.25) is 4.98 Å². The third kappa shape index (κ3) is 2.54. The number of nitrogens with zero attached hydrogens (tertiary/aromatic N) is 1. The Balaban J connectivity index is 1.96. The monoisotopic (exact) mass is 252 g/mol. The van der Waals surface area contributed by atoms with E-state index in [2.05, 4.69) is 40.6 Å². The molecular formula is C17H20N2. The second-order valence-corrected chi connectivity index (χ2v) is 5.27. The molecule has 0 aliphatic heterocycles. The molecule has 0 radical (unpaired) electrons. The Morgan fingerprint density at radius 2 is 1.84 bits per heavy atom. The van der Waals surface area contributed by atoms with Gasteiger partial charge in [-0.2, -0.15) is 0 Å². The molecule has 0 amide bonds. The van der Waals surface area contributed by atoms with Crippen LogP contribution in [0, 0.1) is 0 Å². The molecule has 1 aromatic heterocycles. The molecule has 0 fully saturated rings. The highest BCUT2D eigenvalue weighted by Gasteiger charge is 2.17. The largest absolute Gasteiger partial charge is 0.319 e. The molecule has 1 aromatic carbocycles. The number of aromatic nitrogens is 1. The van der Waals surface area contributed by atoms with E-state index in [1.54, 1.807) is 11.1 Å². The van der Waals surface area contributed by atoms with Crippen LogP contribution in [0.5, 0.6) is 0 Å². The first-order valence-electron chi connectivity index (χ1n) is 7.04. The summed E-state index contributed by atoms with van der Waals surface area (Å²) in [5.41, 5.74) is 5.85. The van der Waals surface area contributed by atoms with Crippen molar-refractivity contribution in [1.29, 1.82) is 0 Å². The Bertz CT molecular complexity index is 548. The standard InChI is InChI=1S/C17H20N2/c1-18-12-17(14-7-9-19-10-8-14)16-6-5-13-3-2-4-15(13)11-16/h5-11,17-18H,2-4,12H2,1H3. The van der Waals surface area contributed by atoms with Crippen LogP contribution in [0.1, 0.15) is 34.6 Å². The molecule has 1 N–H and O–H groups in total. The van der Waals surface area contributed by atoms with Gasteiger partial charge in [-0.25, -0.2) is 0 Å². The van der Waals surface area contributed by atoms with Crippen LogP contribution in [0.25, 0.3) is 0 Å². The third-order valence-corrected chi connectivity index (χ3v) is 4.04. The van der Waals surface area contributed by atoms with E-state index in [4.69, 9.17) is 0 Å². The zero-order valence-electron chi connectivity index (χ0n) is 11.4. The Morgan fingerprint density at radius 3 is 2.63 bits per heavy atom. The van der Waals surface area contributed by atoms with E-state index in [1.165, 1.54) is 30.4 Å². The van der Waals surface area contributed by atoms with E-state index in [0.29, 0.717) is 5.92 Å². The van der Waals surface area contributed by atoms with Gasteiger partial charge in [-0.1, -0.05) is 18.2 Å². The highest BCUT2D eigenvalue weighted by atomic mass is 14.8. The number of fused-ring (bicyclic) bond motifs is 1. The minimum Gasteiger partial charge on any atom is -0.319 e. The molecular weight excluding hydrogens is 232 g/mol.